The van der Waals surface area contributed by atoms with Crippen molar-refractivity contribution in [1.82, 2.24) is 4.90 Å². The van der Waals surface area contributed by atoms with E-state index in [1.54, 1.807) is 11.9 Å². The predicted octanol–water partition coefficient (Wildman–Crippen LogP) is 1.22. The van der Waals surface area contributed by atoms with Gasteiger partial charge in [0.05, 0.1) is 6.04 Å². The molecule has 18 heavy (non-hydrogen) atoms. The second-order valence-electron chi connectivity index (χ2n) is 5.32. The zero-order valence-corrected chi connectivity index (χ0v) is 11.3. The number of carbonyl (C=O) groups excluding carboxylic acids is 1. The Morgan fingerprint density at radius 3 is 2.56 bits per heavy atom. The maximum absolute atomic E-state index is 12.1. The number of carbonyl (C=O) groups is 2. The minimum atomic E-state index is -0.910. The summed E-state index contributed by atoms with van der Waals surface area (Å²) in [6.07, 6.45) is 4.70. The highest BCUT2D eigenvalue weighted by Gasteiger charge is 2.30. The van der Waals surface area contributed by atoms with E-state index in [1.807, 2.05) is 0 Å². The van der Waals surface area contributed by atoms with Gasteiger partial charge in [0, 0.05) is 19.5 Å². The highest BCUT2D eigenvalue weighted by Crippen LogP contribution is 2.27. The molecule has 0 aromatic heterocycles. The average Bonchev–Trinajstić information content (AvgIpc) is 2.34. The number of nitrogens with zero attached hydrogens (tertiary/aromatic N) is 1. The molecule has 0 heterocycles. The van der Waals surface area contributed by atoms with Crippen molar-refractivity contribution in [2.75, 3.05) is 7.05 Å². The first-order valence-electron chi connectivity index (χ1n) is 6.67. The lowest BCUT2D eigenvalue weighted by Crippen LogP contribution is -2.49. The van der Waals surface area contributed by atoms with Gasteiger partial charge in [0.1, 0.15) is 0 Å². The Bertz CT molecular complexity index is 307. The van der Waals surface area contributed by atoms with Crippen molar-refractivity contribution in [2.45, 2.75) is 57.5 Å². The average molecular weight is 256 g/mol. The summed E-state index contributed by atoms with van der Waals surface area (Å²) in [5.74, 6) is -0.540. The number of amides is 1. The summed E-state index contributed by atoms with van der Waals surface area (Å²) < 4.78 is 0. The number of hydrogen-bond donors (Lipinski definition) is 2. The molecule has 1 aliphatic rings. The van der Waals surface area contributed by atoms with Crippen molar-refractivity contribution < 1.29 is 14.7 Å². The van der Waals surface area contributed by atoms with E-state index in [0.29, 0.717) is 5.92 Å². The standard InChI is InChI=1S/C13H24N2O3/c1-9-5-3-4-6-11(9)15(2)13(18)10(14)7-8-12(16)17/h9-11H,3-8,14H2,1-2H3,(H,16,17). The molecule has 0 aliphatic heterocycles. The zero-order valence-electron chi connectivity index (χ0n) is 11.3. The largest absolute Gasteiger partial charge is 0.481 e. The first-order chi connectivity index (χ1) is 8.43. The molecule has 1 saturated carbocycles. The maximum atomic E-state index is 12.1. The fourth-order valence-corrected chi connectivity index (χ4v) is 2.70. The van der Waals surface area contributed by atoms with Crippen LogP contribution in [0.5, 0.6) is 0 Å². The van der Waals surface area contributed by atoms with Gasteiger partial charge in [-0.1, -0.05) is 19.8 Å². The third-order valence-electron chi connectivity index (χ3n) is 3.90. The Hall–Kier alpha value is -1.10. The second kappa shape index (κ2) is 6.73. The van der Waals surface area contributed by atoms with Crippen LogP contribution < -0.4 is 5.73 Å². The SMILES string of the molecule is CC1CCCCC1N(C)C(=O)C(N)CCC(=O)O. The predicted molar refractivity (Wildman–Crippen MR) is 69.0 cm³/mol. The van der Waals surface area contributed by atoms with Crippen LogP contribution >= 0.6 is 0 Å². The monoisotopic (exact) mass is 256 g/mol. The van der Waals surface area contributed by atoms with Gasteiger partial charge in [-0.2, -0.15) is 0 Å². The molecule has 0 aromatic carbocycles. The molecule has 1 amide bonds. The number of carboxylic acid groups (broad SMARTS) is 1. The maximum Gasteiger partial charge on any atom is 0.303 e. The molecule has 3 atom stereocenters. The molecule has 3 N–H and O–H groups in total. The van der Waals surface area contributed by atoms with Crippen molar-refractivity contribution in [3.8, 4) is 0 Å². The lowest BCUT2D eigenvalue weighted by Gasteiger charge is -2.37. The Balaban J connectivity index is 2.51. The van der Waals surface area contributed by atoms with E-state index in [-0.39, 0.29) is 24.8 Å². The van der Waals surface area contributed by atoms with Crippen LogP contribution in [0.3, 0.4) is 0 Å². The lowest BCUT2D eigenvalue weighted by molar-refractivity contribution is -0.138. The topological polar surface area (TPSA) is 83.6 Å². The summed E-state index contributed by atoms with van der Waals surface area (Å²) in [7, 11) is 1.79. The first kappa shape index (κ1) is 15.0. The van der Waals surface area contributed by atoms with Crippen LogP contribution in [0.25, 0.3) is 0 Å². The van der Waals surface area contributed by atoms with E-state index in [2.05, 4.69) is 6.92 Å². The highest BCUT2D eigenvalue weighted by molar-refractivity contribution is 5.82. The van der Waals surface area contributed by atoms with Gasteiger partial charge < -0.3 is 15.7 Å². The van der Waals surface area contributed by atoms with Gasteiger partial charge in [-0.05, 0) is 25.2 Å². The Kier molecular flexibility index (Phi) is 5.59. The Morgan fingerprint density at radius 2 is 2.00 bits per heavy atom. The van der Waals surface area contributed by atoms with Crippen LogP contribution in [0, 0.1) is 5.92 Å². The summed E-state index contributed by atoms with van der Waals surface area (Å²) in [6.45, 7) is 2.16. The number of nitrogens with two attached hydrogens (primary N) is 1. The van der Waals surface area contributed by atoms with Gasteiger partial charge in [0.15, 0.2) is 0 Å². The Morgan fingerprint density at radius 1 is 1.39 bits per heavy atom. The van der Waals surface area contributed by atoms with E-state index < -0.39 is 12.0 Å². The zero-order chi connectivity index (χ0) is 13.7. The molecule has 3 unspecified atom stereocenters. The van der Waals surface area contributed by atoms with E-state index in [4.69, 9.17) is 10.8 Å². The van der Waals surface area contributed by atoms with Crippen molar-refractivity contribution in [2.24, 2.45) is 11.7 Å². The molecule has 1 aliphatic carbocycles. The van der Waals surface area contributed by atoms with Crippen LogP contribution in [0.15, 0.2) is 0 Å². The molecule has 0 bridgehead atoms. The number of carboxylic acids is 1. The van der Waals surface area contributed by atoms with Gasteiger partial charge in [0.25, 0.3) is 0 Å². The van der Waals surface area contributed by atoms with E-state index in [9.17, 15) is 9.59 Å². The molecule has 1 fully saturated rings. The molecule has 5 heteroatoms. The Labute approximate surface area is 108 Å². The highest BCUT2D eigenvalue weighted by atomic mass is 16.4. The normalized spacial score (nSPS) is 25.5. The van der Waals surface area contributed by atoms with E-state index in [0.717, 1.165) is 19.3 Å². The van der Waals surface area contributed by atoms with Crippen molar-refractivity contribution in [1.29, 1.82) is 0 Å². The summed E-state index contributed by atoms with van der Waals surface area (Å²) >= 11 is 0. The van der Waals surface area contributed by atoms with Crippen LogP contribution in [-0.2, 0) is 9.59 Å². The van der Waals surface area contributed by atoms with Crippen LogP contribution in [0.1, 0.15) is 45.4 Å². The molecule has 1 rings (SSSR count). The number of rotatable bonds is 5. The molecule has 5 nitrogen and oxygen atoms in total. The minimum absolute atomic E-state index is 0.0546. The number of likely N-dealkylation sites (N-methyl/N-ethyl adjacent to an activating group) is 1. The molecular weight excluding hydrogens is 232 g/mol. The van der Waals surface area contributed by atoms with Crippen molar-refractivity contribution in [3.05, 3.63) is 0 Å². The van der Waals surface area contributed by atoms with Crippen molar-refractivity contribution in [3.63, 3.8) is 0 Å². The van der Waals surface area contributed by atoms with Gasteiger partial charge in [-0.25, -0.2) is 0 Å². The van der Waals surface area contributed by atoms with Gasteiger partial charge in [-0.3, -0.25) is 9.59 Å². The smallest absolute Gasteiger partial charge is 0.303 e. The summed E-state index contributed by atoms with van der Waals surface area (Å²) in [5, 5.41) is 8.59. The van der Waals surface area contributed by atoms with E-state index >= 15 is 0 Å². The summed E-state index contributed by atoms with van der Waals surface area (Å²) in [5.41, 5.74) is 5.76. The molecule has 0 saturated heterocycles. The quantitative estimate of drug-likeness (QED) is 0.774. The molecule has 104 valence electrons. The van der Waals surface area contributed by atoms with Gasteiger partial charge in [-0.15, -0.1) is 0 Å². The molecule has 0 spiro atoms. The number of hydrogen-bond acceptors (Lipinski definition) is 3. The van der Waals surface area contributed by atoms with Crippen LogP contribution in [0.2, 0.25) is 0 Å². The summed E-state index contributed by atoms with van der Waals surface area (Å²) in [4.78, 5) is 24.3. The lowest BCUT2D eigenvalue weighted by atomic mass is 9.85. The minimum Gasteiger partial charge on any atom is -0.481 e. The van der Waals surface area contributed by atoms with Gasteiger partial charge in [0.2, 0.25) is 5.91 Å². The summed E-state index contributed by atoms with van der Waals surface area (Å²) in [6, 6.07) is -0.442. The van der Waals surface area contributed by atoms with Crippen LogP contribution in [0.4, 0.5) is 0 Å². The molecular formula is C13H24N2O3. The van der Waals surface area contributed by atoms with Crippen LogP contribution in [-0.4, -0.2) is 41.0 Å². The fraction of sp³-hybridized carbons (Fsp3) is 0.846. The third-order valence-corrected chi connectivity index (χ3v) is 3.90. The molecule has 0 aromatic rings. The second-order valence-corrected chi connectivity index (χ2v) is 5.32. The third kappa shape index (κ3) is 3.98. The first-order valence-corrected chi connectivity index (χ1v) is 6.67. The van der Waals surface area contributed by atoms with Gasteiger partial charge >= 0.3 is 5.97 Å². The fourth-order valence-electron chi connectivity index (χ4n) is 2.70. The van der Waals surface area contributed by atoms with Crippen molar-refractivity contribution >= 4 is 11.9 Å². The molecule has 0 radical (unpaired) electrons. The van der Waals surface area contributed by atoms with E-state index in [1.165, 1.54) is 6.42 Å². The number of aliphatic carboxylic acids is 1.